The fourth-order valence-electron chi connectivity index (χ4n) is 1.94. The van der Waals surface area contributed by atoms with Crippen LogP contribution in [0.1, 0.15) is 19.3 Å². The number of methoxy groups -OCH3 is 1. The topological polar surface area (TPSA) is 89.0 Å². The minimum atomic E-state index is -0.436. The van der Waals surface area contributed by atoms with Gasteiger partial charge in [-0.25, -0.2) is 5.43 Å². The maximum Gasteiger partial charge on any atom is 0.267 e. The second kappa shape index (κ2) is 5.45. The highest BCUT2D eigenvalue weighted by atomic mass is 16.5. The van der Waals surface area contributed by atoms with Crippen molar-refractivity contribution in [1.82, 2.24) is 10.7 Å². The summed E-state index contributed by atoms with van der Waals surface area (Å²) in [5.41, 5.74) is 2.21. The Labute approximate surface area is 105 Å². The zero-order valence-corrected chi connectivity index (χ0v) is 10.3. The second-order valence-corrected chi connectivity index (χ2v) is 4.47. The number of carbonyl (C=O) groups excluding carboxylic acids is 2. The molecule has 0 aromatic carbocycles. The summed E-state index contributed by atoms with van der Waals surface area (Å²) in [4.78, 5) is 22.7. The van der Waals surface area contributed by atoms with E-state index >= 15 is 0 Å². The van der Waals surface area contributed by atoms with E-state index in [1.54, 1.807) is 7.11 Å². The second-order valence-electron chi connectivity index (χ2n) is 4.47. The van der Waals surface area contributed by atoms with Gasteiger partial charge >= 0.3 is 0 Å². The summed E-state index contributed by atoms with van der Waals surface area (Å²) in [5, 5.41) is 6.51. The first-order valence-electron chi connectivity index (χ1n) is 5.92. The quantitative estimate of drug-likeness (QED) is 0.686. The van der Waals surface area contributed by atoms with Gasteiger partial charge in [0.15, 0.2) is 0 Å². The van der Waals surface area contributed by atoms with E-state index in [9.17, 15) is 9.59 Å². The Morgan fingerprint density at radius 3 is 3.00 bits per heavy atom. The lowest BCUT2D eigenvalue weighted by Crippen LogP contribution is -2.47. The number of hydrogen-bond donors (Lipinski definition) is 2. The molecule has 7 nitrogen and oxygen atoms in total. The molecular weight excluding hydrogens is 238 g/mol. The molecule has 2 N–H and O–H groups in total. The van der Waals surface area contributed by atoms with Crippen LogP contribution in [0.2, 0.25) is 0 Å². The van der Waals surface area contributed by atoms with Crippen molar-refractivity contribution >= 4 is 17.5 Å². The van der Waals surface area contributed by atoms with Crippen LogP contribution in [0.5, 0.6) is 0 Å². The molecule has 0 aromatic heterocycles. The first kappa shape index (κ1) is 13.0. The SMILES string of the molecule is COC1(CNC(=O)C2=NNC(=O)CC2)CCOC1. The Morgan fingerprint density at radius 1 is 1.61 bits per heavy atom. The van der Waals surface area contributed by atoms with Crippen LogP contribution in [0.4, 0.5) is 0 Å². The van der Waals surface area contributed by atoms with E-state index < -0.39 is 5.60 Å². The number of nitrogens with zero attached hydrogens (tertiary/aromatic N) is 1. The first-order valence-corrected chi connectivity index (χ1v) is 5.92. The van der Waals surface area contributed by atoms with E-state index in [1.807, 2.05) is 0 Å². The standard InChI is InChI=1S/C11H17N3O4/c1-17-11(4-5-18-7-11)6-12-10(16)8-2-3-9(15)14-13-8/h2-7H2,1H3,(H,12,16)(H,14,15). The van der Waals surface area contributed by atoms with Gasteiger partial charge in [0.1, 0.15) is 11.3 Å². The first-order chi connectivity index (χ1) is 8.65. The maximum atomic E-state index is 11.8. The molecule has 0 bridgehead atoms. The van der Waals surface area contributed by atoms with Gasteiger partial charge in [-0.15, -0.1) is 0 Å². The van der Waals surface area contributed by atoms with Crippen molar-refractivity contribution in [3.63, 3.8) is 0 Å². The van der Waals surface area contributed by atoms with Crippen molar-refractivity contribution in [2.75, 3.05) is 26.9 Å². The van der Waals surface area contributed by atoms with Gasteiger partial charge in [0.05, 0.1) is 6.61 Å². The van der Waals surface area contributed by atoms with E-state index in [0.717, 1.165) is 6.42 Å². The molecule has 1 atom stereocenters. The molecule has 2 aliphatic rings. The third-order valence-corrected chi connectivity index (χ3v) is 3.24. The fraction of sp³-hybridized carbons (Fsp3) is 0.727. The van der Waals surface area contributed by atoms with Gasteiger partial charge < -0.3 is 14.8 Å². The molecule has 0 aromatic rings. The van der Waals surface area contributed by atoms with Gasteiger partial charge in [-0.3, -0.25) is 9.59 Å². The molecule has 0 radical (unpaired) electrons. The summed E-state index contributed by atoms with van der Waals surface area (Å²) in [6, 6.07) is 0. The van der Waals surface area contributed by atoms with Gasteiger partial charge in [0, 0.05) is 39.5 Å². The summed E-state index contributed by atoms with van der Waals surface area (Å²) < 4.78 is 10.7. The van der Waals surface area contributed by atoms with Crippen LogP contribution < -0.4 is 10.7 Å². The Morgan fingerprint density at radius 2 is 2.44 bits per heavy atom. The molecule has 2 amide bonds. The largest absolute Gasteiger partial charge is 0.378 e. The average Bonchev–Trinajstić information content (AvgIpc) is 2.86. The van der Waals surface area contributed by atoms with E-state index in [4.69, 9.17) is 9.47 Å². The van der Waals surface area contributed by atoms with E-state index in [1.165, 1.54) is 0 Å². The number of ether oxygens (including phenoxy) is 2. The number of hydrazone groups is 1. The minimum Gasteiger partial charge on any atom is -0.378 e. The van der Waals surface area contributed by atoms with Crippen molar-refractivity contribution in [2.24, 2.45) is 5.10 Å². The summed E-state index contributed by atoms with van der Waals surface area (Å²) in [7, 11) is 1.61. The molecule has 2 rings (SSSR count). The number of hydrogen-bond acceptors (Lipinski definition) is 5. The van der Waals surface area contributed by atoms with Crippen molar-refractivity contribution < 1.29 is 19.1 Å². The predicted octanol–water partition coefficient (Wildman–Crippen LogP) is -0.826. The lowest BCUT2D eigenvalue weighted by molar-refractivity contribution is -0.121. The molecule has 1 saturated heterocycles. The van der Waals surface area contributed by atoms with Gasteiger partial charge in [0.2, 0.25) is 5.91 Å². The van der Waals surface area contributed by atoms with Crippen molar-refractivity contribution in [3.8, 4) is 0 Å². The molecule has 2 heterocycles. The van der Waals surface area contributed by atoms with Crippen molar-refractivity contribution in [3.05, 3.63) is 0 Å². The van der Waals surface area contributed by atoms with E-state index in [0.29, 0.717) is 38.3 Å². The molecule has 100 valence electrons. The Kier molecular flexibility index (Phi) is 3.93. The maximum absolute atomic E-state index is 11.8. The smallest absolute Gasteiger partial charge is 0.267 e. The van der Waals surface area contributed by atoms with Crippen LogP contribution in [-0.2, 0) is 19.1 Å². The Balaban J connectivity index is 1.86. The number of carbonyl (C=O) groups is 2. The highest BCUT2D eigenvalue weighted by Crippen LogP contribution is 2.21. The monoisotopic (exact) mass is 255 g/mol. The van der Waals surface area contributed by atoms with Crippen LogP contribution in [-0.4, -0.2) is 50.0 Å². The minimum absolute atomic E-state index is 0.163. The van der Waals surface area contributed by atoms with Crippen LogP contribution in [0.25, 0.3) is 0 Å². The molecule has 1 unspecified atom stereocenters. The van der Waals surface area contributed by atoms with Crippen molar-refractivity contribution in [1.29, 1.82) is 0 Å². The lowest BCUT2D eigenvalue weighted by atomic mass is 10.0. The molecule has 0 saturated carbocycles. The van der Waals surface area contributed by atoms with Crippen LogP contribution in [0.15, 0.2) is 5.10 Å². The number of rotatable bonds is 4. The fourth-order valence-corrected chi connectivity index (χ4v) is 1.94. The van der Waals surface area contributed by atoms with E-state index in [-0.39, 0.29) is 11.8 Å². The number of nitrogens with one attached hydrogen (secondary N) is 2. The molecule has 2 aliphatic heterocycles. The third-order valence-electron chi connectivity index (χ3n) is 3.24. The summed E-state index contributed by atoms with van der Waals surface area (Å²) in [6.07, 6.45) is 1.42. The van der Waals surface area contributed by atoms with Crippen LogP contribution >= 0.6 is 0 Å². The van der Waals surface area contributed by atoms with Crippen molar-refractivity contribution in [2.45, 2.75) is 24.9 Å². The van der Waals surface area contributed by atoms with Crippen LogP contribution in [0, 0.1) is 0 Å². The van der Waals surface area contributed by atoms with Gasteiger partial charge in [0.25, 0.3) is 5.91 Å². The van der Waals surface area contributed by atoms with Gasteiger partial charge in [-0.2, -0.15) is 5.10 Å². The zero-order valence-electron chi connectivity index (χ0n) is 10.3. The van der Waals surface area contributed by atoms with Crippen LogP contribution in [0.3, 0.4) is 0 Å². The van der Waals surface area contributed by atoms with Gasteiger partial charge in [-0.1, -0.05) is 0 Å². The molecule has 18 heavy (non-hydrogen) atoms. The summed E-state index contributed by atoms with van der Waals surface area (Å²) in [6.45, 7) is 1.50. The molecule has 1 fully saturated rings. The lowest BCUT2D eigenvalue weighted by Gasteiger charge is -2.26. The normalized spacial score (nSPS) is 27.6. The number of amides is 2. The zero-order chi connectivity index (χ0) is 13.0. The molecule has 7 heteroatoms. The van der Waals surface area contributed by atoms with E-state index in [2.05, 4.69) is 15.8 Å². The average molecular weight is 255 g/mol. The Hall–Kier alpha value is -1.47. The predicted molar refractivity (Wildman–Crippen MR) is 63.0 cm³/mol. The summed E-state index contributed by atoms with van der Waals surface area (Å²) in [5.74, 6) is -0.428. The summed E-state index contributed by atoms with van der Waals surface area (Å²) >= 11 is 0. The highest BCUT2D eigenvalue weighted by Gasteiger charge is 2.35. The molecular formula is C11H17N3O4. The highest BCUT2D eigenvalue weighted by molar-refractivity contribution is 6.39. The van der Waals surface area contributed by atoms with Gasteiger partial charge in [-0.05, 0) is 0 Å². The molecule has 0 spiro atoms. The molecule has 0 aliphatic carbocycles. The third kappa shape index (κ3) is 2.85. The Bertz CT molecular complexity index is 374.